The third kappa shape index (κ3) is 9.01. The highest BCUT2D eigenvalue weighted by molar-refractivity contribution is 6.38. The molecule has 0 aliphatic rings. The molecule has 3 aromatic carbocycles. The zero-order valence-corrected chi connectivity index (χ0v) is 26.6. The highest BCUT2D eigenvalue weighted by atomic mass is 35.5. The number of rotatable bonds is 13. The van der Waals surface area contributed by atoms with Crippen LogP contribution in [0.15, 0.2) is 66.9 Å². The smallest absolute Gasteiger partial charge is 0.251 e. The Balaban J connectivity index is 1.32. The van der Waals surface area contributed by atoms with E-state index in [-0.39, 0.29) is 24.1 Å². The van der Waals surface area contributed by atoms with E-state index in [2.05, 4.69) is 20.6 Å². The van der Waals surface area contributed by atoms with Crippen molar-refractivity contribution in [3.8, 4) is 5.75 Å². The number of aromatic nitrogens is 2. The van der Waals surface area contributed by atoms with Crippen molar-refractivity contribution in [3.63, 3.8) is 0 Å². The summed E-state index contributed by atoms with van der Waals surface area (Å²) in [5.74, 6) is -0.538. The van der Waals surface area contributed by atoms with Gasteiger partial charge in [-0.1, -0.05) is 41.4 Å². The van der Waals surface area contributed by atoms with Crippen LogP contribution >= 0.6 is 23.2 Å². The van der Waals surface area contributed by atoms with Gasteiger partial charge in [0.05, 0.1) is 35.1 Å². The van der Waals surface area contributed by atoms with E-state index in [1.807, 2.05) is 26.0 Å². The van der Waals surface area contributed by atoms with Gasteiger partial charge in [0, 0.05) is 48.6 Å². The maximum atomic E-state index is 12.9. The lowest BCUT2D eigenvalue weighted by Crippen LogP contribution is -2.37. The number of anilines is 1. The van der Waals surface area contributed by atoms with E-state index in [9.17, 15) is 14.4 Å². The Hall–Kier alpha value is -4.51. The zero-order valence-electron chi connectivity index (χ0n) is 25.1. The van der Waals surface area contributed by atoms with Crippen molar-refractivity contribution in [2.75, 3.05) is 38.3 Å². The molecule has 0 saturated heterocycles. The van der Waals surface area contributed by atoms with Crippen LogP contribution in [0.1, 0.15) is 34.1 Å². The number of amides is 3. The average Bonchev–Trinajstić information content (AvgIpc) is 3.04. The summed E-state index contributed by atoms with van der Waals surface area (Å²) >= 11 is 13.1. The molecule has 0 fully saturated rings. The lowest BCUT2D eigenvalue weighted by Gasteiger charge is -2.21. The molecule has 12 heteroatoms. The van der Waals surface area contributed by atoms with Crippen LogP contribution in [-0.4, -0.2) is 61.0 Å². The molecule has 3 amide bonds. The van der Waals surface area contributed by atoms with E-state index < -0.39 is 11.8 Å². The minimum atomic E-state index is -0.459. The summed E-state index contributed by atoms with van der Waals surface area (Å²) in [4.78, 5) is 47.8. The van der Waals surface area contributed by atoms with Crippen LogP contribution in [0.25, 0.3) is 17.1 Å². The molecule has 0 spiro atoms. The molecular formula is C33H33Cl2N5O5. The summed E-state index contributed by atoms with van der Waals surface area (Å²) in [6.45, 7) is 4.96. The molecule has 0 radical (unpaired) electrons. The first kappa shape index (κ1) is 33.4. The number of halogens is 2. The van der Waals surface area contributed by atoms with Crippen molar-refractivity contribution in [2.24, 2.45) is 0 Å². The molecule has 2 N–H and O–H groups in total. The molecule has 0 unspecified atom stereocenters. The largest absolute Gasteiger partial charge is 0.486 e. The van der Waals surface area contributed by atoms with E-state index in [1.165, 1.54) is 11.0 Å². The molecule has 1 heterocycles. The van der Waals surface area contributed by atoms with E-state index in [0.29, 0.717) is 63.9 Å². The summed E-state index contributed by atoms with van der Waals surface area (Å²) < 4.78 is 11.2. The van der Waals surface area contributed by atoms with Gasteiger partial charge in [-0.05, 0) is 61.9 Å². The predicted molar refractivity (Wildman–Crippen MR) is 176 cm³/mol. The van der Waals surface area contributed by atoms with E-state index in [0.717, 1.165) is 5.69 Å². The van der Waals surface area contributed by atoms with Crippen LogP contribution in [0.3, 0.4) is 0 Å². The Bertz CT molecular complexity index is 1710. The van der Waals surface area contributed by atoms with Gasteiger partial charge in [-0.2, -0.15) is 0 Å². The fourth-order valence-electron chi connectivity index (χ4n) is 4.21. The number of nitrogens with zero attached hydrogens (tertiary/aromatic N) is 3. The van der Waals surface area contributed by atoms with Crippen molar-refractivity contribution >= 4 is 63.7 Å². The van der Waals surface area contributed by atoms with Crippen LogP contribution in [-0.2, 0) is 20.9 Å². The lowest BCUT2D eigenvalue weighted by atomic mass is 10.1. The molecule has 10 nitrogen and oxygen atoms in total. The zero-order chi connectivity index (χ0) is 32.3. The normalized spacial score (nSPS) is 11.0. The van der Waals surface area contributed by atoms with Crippen LogP contribution < -0.4 is 20.3 Å². The number of nitrogens with one attached hydrogen (secondary N) is 2. The molecule has 4 rings (SSSR count). The highest BCUT2D eigenvalue weighted by Crippen LogP contribution is 2.35. The summed E-state index contributed by atoms with van der Waals surface area (Å²) in [6.07, 6.45) is 4.59. The van der Waals surface area contributed by atoms with Gasteiger partial charge in [-0.15, -0.1) is 0 Å². The minimum Gasteiger partial charge on any atom is -0.486 e. The fourth-order valence-corrected chi connectivity index (χ4v) is 4.82. The van der Waals surface area contributed by atoms with Gasteiger partial charge in [0.1, 0.15) is 17.9 Å². The number of benzene rings is 3. The van der Waals surface area contributed by atoms with Gasteiger partial charge in [-0.3, -0.25) is 19.4 Å². The second kappa shape index (κ2) is 16.0. The summed E-state index contributed by atoms with van der Waals surface area (Å²) in [7, 11) is 1.56. The van der Waals surface area contributed by atoms with Gasteiger partial charge >= 0.3 is 0 Å². The third-order valence-electron chi connectivity index (χ3n) is 6.68. The second-order valence-corrected chi connectivity index (χ2v) is 10.6. The van der Waals surface area contributed by atoms with Crippen molar-refractivity contribution in [1.29, 1.82) is 0 Å². The SMILES string of the molecule is CCOCCNC(=O)c1ccc(C=CC(=O)NCC(=O)N(C)c2ccc(Cl)c(COc3cccc4ncc(C)nc34)c2Cl)cc1. The molecule has 0 aliphatic carbocycles. The van der Waals surface area contributed by atoms with Gasteiger partial charge in [0.2, 0.25) is 11.8 Å². The monoisotopic (exact) mass is 649 g/mol. The first-order valence-corrected chi connectivity index (χ1v) is 14.9. The predicted octanol–water partition coefficient (Wildman–Crippen LogP) is 5.38. The van der Waals surface area contributed by atoms with Crippen molar-refractivity contribution in [3.05, 3.63) is 99.3 Å². The van der Waals surface area contributed by atoms with Crippen LogP contribution in [0.4, 0.5) is 5.69 Å². The average molecular weight is 651 g/mol. The number of likely N-dealkylation sites (N-methyl/N-ethyl adjacent to an activating group) is 1. The molecule has 0 bridgehead atoms. The van der Waals surface area contributed by atoms with Crippen molar-refractivity contribution in [2.45, 2.75) is 20.5 Å². The minimum absolute atomic E-state index is 0.0311. The van der Waals surface area contributed by atoms with E-state index >= 15 is 0 Å². The summed E-state index contributed by atoms with van der Waals surface area (Å²) in [5, 5.41) is 5.98. The Morgan fingerprint density at radius 2 is 1.80 bits per heavy atom. The first-order chi connectivity index (χ1) is 21.7. The molecule has 1 aromatic heterocycles. The Morgan fingerprint density at radius 3 is 2.56 bits per heavy atom. The quantitative estimate of drug-likeness (QED) is 0.147. The van der Waals surface area contributed by atoms with E-state index in [4.69, 9.17) is 32.7 Å². The summed E-state index contributed by atoms with van der Waals surface area (Å²) in [5.41, 5.74) is 4.18. The first-order valence-electron chi connectivity index (χ1n) is 14.2. The standard InChI is InChI=1S/C33H33Cl2N5O5/c1-4-44-17-16-36-33(43)23-11-8-22(9-12-23)10-15-29(41)38-19-30(42)40(3)27-14-13-25(34)24(31(27)35)20-45-28-7-5-6-26-32(28)39-21(2)18-37-26/h5-15,18H,4,16-17,19-20H2,1-3H3,(H,36,43)(H,38,41). The number of ether oxygens (including phenoxy) is 2. The summed E-state index contributed by atoms with van der Waals surface area (Å²) in [6, 6.07) is 15.5. The fraction of sp³-hybridized carbons (Fsp3) is 0.242. The van der Waals surface area contributed by atoms with Crippen LogP contribution in [0.5, 0.6) is 5.75 Å². The second-order valence-electron chi connectivity index (χ2n) is 9.86. The van der Waals surface area contributed by atoms with Crippen LogP contribution in [0, 0.1) is 6.92 Å². The maximum absolute atomic E-state index is 12.9. The number of carbonyl (C=O) groups excluding carboxylic acids is 3. The highest BCUT2D eigenvalue weighted by Gasteiger charge is 2.19. The number of hydrogen-bond acceptors (Lipinski definition) is 7. The molecule has 0 aliphatic heterocycles. The Labute approximate surface area is 271 Å². The van der Waals surface area contributed by atoms with Gasteiger partial charge in [0.15, 0.2) is 0 Å². The number of carbonyl (C=O) groups is 3. The molecule has 45 heavy (non-hydrogen) atoms. The maximum Gasteiger partial charge on any atom is 0.251 e. The third-order valence-corrected chi connectivity index (χ3v) is 7.46. The molecule has 4 aromatic rings. The molecule has 234 valence electrons. The van der Waals surface area contributed by atoms with E-state index in [1.54, 1.807) is 61.8 Å². The molecule has 0 saturated carbocycles. The lowest BCUT2D eigenvalue weighted by molar-refractivity contribution is -0.122. The Morgan fingerprint density at radius 1 is 1.02 bits per heavy atom. The number of aryl methyl sites for hydroxylation is 1. The molecule has 0 atom stereocenters. The number of fused-ring (bicyclic) bond motifs is 1. The van der Waals surface area contributed by atoms with Gasteiger partial charge in [-0.25, -0.2) is 4.98 Å². The topological polar surface area (TPSA) is 123 Å². The number of hydrogen-bond donors (Lipinski definition) is 2. The van der Waals surface area contributed by atoms with Crippen molar-refractivity contribution in [1.82, 2.24) is 20.6 Å². The molecular weight excluding hydrogens is 617 g/mol. The van der Waals surface area contributed by atoms with Crippen molar-refractivity contribution < 1.29 is 23.9 Å². The van der Waals surface area contributed by atoms with Crippen LogP contribution in [0.2, 0.25) is 10.0 Å². The Kier molecular flexibility index (Phi) is 11.9. The van der Waals surface area contributed by atoms with Gasteiger partial charge in [0.25, 0.3) is 5.91 Å². The van der Waals surface area contributed by atoms with Gasteiger partial charge < -0.3 is 25.0 Å². The number of para-hydroxylation sites is 1.